The molecule has 0 aliphatic heterocycles. The zero-order chi connectivity index (χ0) is 14.8. The molecule has 6 nitrogen and oxygen atoms in total. The Morgan fingerprint density at radius 1 is 1.15 bits per heavy atom. The summed E-state index contributed by atoms with van der Waals surface area (Å²) in [5, 5.41) is 0. The van der Waals surface area contributed by atoms with E-state index in [1.807, 2.05) is 18.2 Å². The molecule has 20 heavy (non-hydrogen) atoms. The number of hydrogen-bond acceptors (Lipinski definition) is 5. The first kappa shape index (κ1) is 16.1. The van der Waals surface area contributed by atoms with Crippen LogP contribution in [0.4, 0.5) is 0 Å². The number of unbranched alkanes of at least 4 members (excludes halogenated alkanes) is 2. The summed E-state index contributed by atoms with van der Waals surface area (Å²) in [5.74, 6) is 6.76. The van der Waals surface area contributed by atoms with Crippen LogP contribution >= 0.6 is 0 Å². The smallest absolute Gasteiger partial charge is 0.233 e. The van der Waals surface area contributed by atoms with E-state index in [-0.39, 0.29) is 5.91 Å². The molecule has 1 rings (SSSR count). The van der Waals surface area contributed by atoms with Crippen LogP contribution in [0.2, 0.25) is 0 Å². The highest BCUT2D eigenvalue weighted by molar-refractivity contribution is 5.75. The zero-order valence-corrected chi connectivity index (χ0v) is 12.0. The van der Waals surface area contributed by atoms with E-state index in [0.29, 0.717) is 30.3 Å². The van der Waals surface area contributed by atoms with Gasteiger partial charge in [-0.1, -0.05) is 6.07 Å². The second-order valence-corrected chi connectivity index (χ2v) is 4.22. The Bertz CT molecular complexity index is 401. The Balaban J connectivity index is 2.36. The number of carbonyl (C=O) groups excluding carboxylic acids is 1. The maximum atomic E-state index is 10.9. The quantitative estimate of drug-likeness (QED) is 0.311. The van der Waals surface area contributed by atoms with Crippen LogP contribution < -0.4 is 25.5 Å². The lowest BCUT2D eigenvalue weighted by Crippen LogP contribution is -2.29. The maximum Gasteiger partial charge on any atom is 0.233 e. The molecular weight excluding hydrogens is 260 g/mol. The van der Waals surface area contributed by atoms with Gasteiger partial charge in [0, 0.05) is 6.42 Å². The van der Waals surface area contributed by atoms with Gasteiger partial charge in [-0.3, -0.25) is 10.2 Å². The number of methoxy groups -OCH3 is 2. The van der Waals surface area contributed by atoms with Crippen LogP contribution in [0.3, 0.4) is 0 Å². The number of nitrogens with one attached hydrogen (secondary N) is 1. The first-order chi connectivity index (χ1) is 9.72. The van der Waals surface area contributed by atoms with Gasteiger partial charge in [-0.05, 0) is 31.4 Å². The first-order valence-corrected chi connectivity index (χ1v) is 6.56. The summed E-state index contributed by atoms with van der Waals surface area (Å²) in [6, 6.07) is 5.49. The Hall–Kier alpha value is -1.95. The molecule has 112 valence electrons. The van der Waals surface area contributed by atoms with E-state index >= 15 is 0 Å². The standard InChI is InChI=1S/C14H22N2O4/c1-18-11-7-6-8-12(19-2)14(11)20-10-5-3-4-9-13(17)16-15/h6-8H,3-5,9-10,15H2,1-2H3,(H,16,17). The number of benzene rings is 1. The number of rotatable bonds is 9. The van der Waals surface area contributed by atoms with Gasteiger partial charge in [0.15, 0.2) is 11.5 Å². The van der Waals surface area contributed by atoms with E-state index in [1.54, 1.807) is 14.2 Å². The van der Waals surface area contributed by atoms with Crippen LogP contribution in [0.1, 0.15) is 25.7 Å². The highest BCUT2D eigenvalue weighted by Crippen LogP contribution is 2.36. The van der Waals surface area contributed by atoms with Crippen LogP contribution in [0.25, 0.3) is 0 Å². The molecule has 0 spiro atoms. The van der Waals surface area contributed by atoms with Crippen LogP contribution in [-0.2, 0) is 4.79 Å². The average Bonchev–Trinajstić information content (AvgIpc) is 2.49. The predicted molar refractivity (Wildman–Crippen MR) is 75.8 cm³/mol. The van der Waals surface area contributed by atoms with Gasteiger partial charge in [0.2, 0.25) is 11.7 Å². The van der Waals surface area contributed by atoms with E-state index in [4.69, 9.17) is 20.1 Å². The van der Waals surface area contributed by atoms with Gasteiger partial charge >= 0.3 is 0 Å². The fourth-order valence-corrected chi connectivity index (χ4v) is 1.77. The van der Waals surface area contributed by atoms with Crippen molar-refractivity contribution < 1.29 is 19.0 Å². The monoisotopic (exact) mass is 282 g/mol. The largest absolute Gasteiger partial charge is 0.493 e. The lowest BCUT2D eigenvalue weighted by Gasteiger charge is -2.13. The maximum absolute atomic E-state index is 10.9. The first-order valence-electron chi connectivity index (χ1n) is 6.56. The van der Waals surface area contributed by atoms with Crippen molar-refractivity contribution in [3.63, 3.8) is 0 Å². The molecule has 0 radical (unpaired) electrons. The molecule has 0 saturated carbocycles. The van der Waals surface area contributed by atoms with Gasteiger partial charge in [0.05, 0.1) is 20.8 Å². The van der Waals surface area contributed by atoms with Gasteiger partial charge in [0.1, 0.15) is 0 Å². The summed E-state index contributed by atoms with van der Waals surface area (Å²) < 4.78 is 16.2. The van der Waals surface area contributed by atoms with E-state index in [0.717, 1.165) is 19.3 Å². The molecule has 0 saturated heterocycles. The minimum Gasteiger partial charge on any atom is -0.493 e. The summed E-state index contributed by atoms with van der Waals surface area (Å²) in [6.45, 7) is 0.543. The zero-order valence-electron chi connectivity index (χ0n) is 12.0. The van der Waals surface area contributed by atoms with Gasteiger partial charge < -0.3 is 14.2 Å². The molecule has 0 aromatic heterocycles. The molecule has 1 amide bonds. The highest BCUT2D eigenvalue weighted by atomic mass is 16.5. The summed E-state index contributed by atoms with van der Waals surface area (Å²) >= 11 is 0. The number of para-hydroxylation sites is 1. The second-order valence-electron chi connectivity index (χ2n) is 4.22. The number of nitrogens with two attached hydrogens (primary N) is 1. The second kappa shape index (κ2) is 9.03. The van der Waals surface area contributed by atoms with E-state index in [1.165, 1.54) is 0 Å². The van der Waals surface area contributed by atoms with Crippen molar-refractivity contribution in [2.45, 2.75) is 25.7 Å². The number of amides is 1. The van der Waals surface area contributed by atoms with Gasteiger partial charge in [-0.2, -0.15) is 0 Å². The Kier molecular flexibility index (Phi) is 7.27. The van der Waals surface area contributed by atoms with Crippen LogP contribution in [0, 0.1) is 0 Å². The lowest BCUT2D eigenvalue weighted by molar-refractivity contribution is -0.121. The highest BCUT2D eigenvalue weighted by Gasteiger charge is 2.10. The summed E-state index contributed by atoms with van der Waals surface area (Å²) in [5.41, 5.74) is 2.11. The average molecular weight is 282 g/mol. The number of ether oxygens (including phenoxy) is 3. The molecule has 0 fully saturated rings. The Morgan fingerprint density at radius 2 is 1.80 bits per heavy atom. The van der Waals surface area contributed by atoms with Crippen LogP contribution in [0.5, 0.6) is 17.2 Å². The minimum absolute atomic E-state index is 0.141. The van der Waals surface area contributed by atoms with Gasteiger partial charge in [-0.25, -0.2) is 5.84 Å². The molecule has 0 aliphatic rings. The topological polar surface area (TPSA) is 82.8 Å². The van der Waals surface area contributed by atoms with Gasteiger partial charge in [-0.15, -0.1) is 0 Å². The number of hydrazine groups is 1. The molecule has 1 aromatic rings. The van der Waals surface area contributed by atoms with Crippen molar-refractivity contribution in [3.05, 3.63) is 18.2 Å². The molecule has 3 N–H and O–H groups in total. The van der Waals surface area contributed by atoms with Crippen LogP contribution in [0.15, 0.2) is 18.2 Å². The van der Waals surface area contributed by atoms with Crippen molar-refractivity contribution in [1.82, 2.24) is 5.43 Å². The summed E-state index contributed by atoms with van der Waals surface area (Å²) in [6.07, 6.45) is 2.97. The van der Waals surface area contributed by atoms with E-state index in [9.17, 15) is 4.79 Å². The SMILES string of the molecule is COc1cccc(OC)c1OCCCCCC(=O)NN. The van der Waals surface area contributed by atoms with Crippen LogP contribution in [-0.4, -0.2) is 26.7 Å². The third kappa shape index (κ3) is 4.97. The van der Waals surface area contributed by atoms with Crippen molar-refractivity contribution >= 4 is 5.91 Å². The van der Waals surface area contributed by atoms with Crippen molar-refractivity contribution in [1.29, 1.82) is 0 Å². The number of hydrogen-bond donors (Lipinski definition) is 2. The molecular formula is C14H22N2O4. The van der Waals surface area contributed by atoms with Crippen molar-refractivity contribution in [2.24, 2.45) is 5.84 Å². The van der Waals surface area contributed by atoms with Crippen molar-refractivity contribution in [3.8, 4) is 17.2 Å². The molecule has 0 aliphatic carbocycles. The predicted octanol–water partition coefficient (Wildman–Crippen LogP) is 1.63. The summed E-state index contributed by atoms with van der Waals surface area (Å²) in [7, 11) is 3.18. The van der Waals surface area contributed by atoms with E-state index in [2.05, 4.69) is 5.43 Å². The fraction of sp³-hybridized carbons (Fsp3) is 0.500. The molecule has 1 aromatic carbocycles. The van der Waals surface area contributed by atoms with Crippen molar-refractivity contribution in [2.75, 3.05) is 20.8 Å². The molecule has 0 heterocycles. The van der Waals surface area contributed by atoms with Gasteiger partial charge in [0.25, 0.3) is 0 Å². The molecule has 0 bridgehead atoms. The minimum atomic E-state index is -0.141. The third-order valence-electron chi connectivity index (χ3n) is 2.84. The lowest BCUT2D eigenvalue weighted by atomic mass is 10.2. The fourth-order valence-electron chi connectivity index (χ4n) is 1.77. The summed E-state index contributed by atoms with van der Waals surface area (Å²) in [4.78, 5) is 10.9. The van der Waals surface area contributed by atoms with E-state index < -0.39 is 0 Å². The number of carbonyl (C=O) groups is 1. The Morgan fingerprint density at radius 3 is 2.35 bits per heavy atom. The third-order valence-corrected chi connectivity index (χ3v) is 2.84. The Labute approximate surface area is 119 Å². The molecule has 0 atom stereocenters. The molecule has 0 unspecified atom stereocenters. The normalized spacial score (nSPS) is 9.95. The molecule has 6 heteroatoms.